The van der Waals surface area contributed by atoms with Gasteiger partial charge in [-0.05, 0) is 108 Å². The summed E-state index contributed by atoms with van der Waals surface area (Å²) in [6.07, 6.45) is 18.6. The third-order valence-electron chi connectivity index (χ3n) is 12.1. The number of piperidine rings is 1. The van der Waals surface area contributed by atoms with E-state index in [1.807, 2.05) is 32.1 Å². The first-order valence-electron chi connectivity index (χ1n) is 19.4. The Balaban J connectivity index is 1.60. The first-order chi connectivity index (χ1) is 23.3. The van der Waals surface area contributed by atoms with E-state index in [1.54, 1.807) is 4.90 Å². The average Bonchev–Trinajstić information content (AvgIpc) is 3.06. The molecular weight excluding hydrogens is 618 g/mol. The molecule has 4 rings (SSSR count). The first-order valence-corrected chi connectivity index (χ1v) is 19.4. The standard InChI is InChI=1S/C41H65NO7/c1-27-12-8-7-9-13-28(2)29(3)24-35-20-15-32(6)41(47,49-35)26-39(45)42-21-11-10-14-36(42)40(46)48-38(25-37(44)30(4)22-27)31(5)23-33-16-18-34(43)19-17-33/h7-9,12-13,27,29-36,38,43,47H,10-11,14-26H2,1-6H3/b9-7+,12-8+,28-13+/t27-,29+,30-,31-,32-,33-,34-,35+,36+,38?,41+/m1/s1. The van der Waals surface area contributed by atoms with Gasteiger partial charge in [-0.1, -0.05) is 70.6 Å². The minimum absolute atomic E-state index is 0.0435. The van der Waals surface area contributed by atoms with Crippen LogP contribution >= 0.6 is 0 Å². The Hall–Kier alpha value is -2.29. The van der Waals surface area contributed by atoms with Crippen molar-refractivity contribution in [3.05, 3.63) is 36.0 Å². The lowest BCUT2D eigenvalue weighted by Gasteiger charge is -2.44. The van der Waals surface area contributed by atoms with Gasteiger partial charge in [-0.25, -0.2) is 4.79 Å². The zero-order chi connectivity index (χ0) is 35.7. The van der Waals surface area contributed by atoms with Crippen molar-refractivity contribution in [2.45, 2.75) is 162 Å². The lowest BCUT2D eigenvalue weighted by Crippen LogP contribution is -2.54. The fourth-order valence-electron chi connectivity index (χ4n) is 8.38. The fourth-order valence-corrected chi connectivity index (χ4v) is 8.38. The maximum atomic E-state index is 14.0. The van der Waals surface area contributed by atoms with E-state index in [9.17, 15) is 24.6 Å². The van der Waals surface area contributed by atoms with Gasteiger partial charge in [0, 0.05) is 24.8 Å². The molecule has 8 heteroatoms. The third kappa shape index (κ3) is 11.4. The number of amides is 1. The maximum Gasteiger partial charge on any atom is 0.329 e. The van der Waals surface area contributed by atoms with Gasteiger partial charge in [0.1, 0.15) is 17.9 Å². The van der Waals surface area contributed by atoms with Crippen LogP contribution in [-0.4, -0.2) is 69.5 Å². The van der Waals surface area contributed by atoms with Gasteiger partial charge in [0.25, 0.3) is 0 Å². The van der Waals surface area contributed by atoms with Gasteiger partial charge in [-0.15, -0.1) is 0 Å². The number of carbonyl (C=O) groups excluding carboxylic acids is 3. The third-order valence-corrected chi connectivity index (χ3v) is 12.1. The summed E-state index contributed by atoms with van der Waals surface area (Å²) in [5, 5.41) is 21.8. The number of Topliss-reactive ketones (excluding diaryl/α,β-unsaturated/α-hetero) is 1. The molecule has 276 valence electrons. The molecule has 0 radical (unpaired) electrons. The lowest BCUT2D eigenvalue weighted by atomic mass is 9.79. The molecule has 0 aromatic carbocycles. The van der Waals surface area contributed by atoms with Crippen LogP contribution in [0.2, 0.25) is 0 Å². The van der Waals surface area contributed by atoms with E-state index in [4.69, 9.17) is 9.47 Å². The van der Waals surface area contributed by atoms with Crippen molar-refractivity contribution in [2.24, 2.45) is 35.5 Å². The SMILES string of the molecule is C\C1=C/C=C/C=C/[C@@H](C)C[C@@H](C)C(=O)CC([C@H](C)C[C@H]2CC[C@H](O)CC2)OC(=O)[C@@H]2CCCCN2C(=O)C[C@]2(O)O[C@@H](CC[C@H]2C)C[C@@H]1C. The molecule has 0 aromatic heterocycles. The number of carbonyl (C=O) groups is 3. The topological polar surface area (TPSA) is 113 Å². The number of allylic oxidation sites excluding steroid dienone is 6. The molecule has 1 aliphatic carbocycles. The number of fused-ring (bicyclic) bond motifs is 3. The summed E-state index contributed by atoms with van der Waals surface area (Å²) in [5.74, 6) is -1.87. The van der Waals surface area contributed by atoms with Crippen LogP contribution in [0.3, 0.4) is 0 Å². The van der Waals surface area contributed by atoms with Gasteiger partial charge >= 0.3 is 5.97 Å². The molecular formula is C41H65NO7. The highest BCUT2D eigenvalue weighted by molar-refractivity contribution is 5.86. The monoisotopic (exact) mass is 683 g/mol. The number of hydrogen-bond donors (Lipinski definition) is 2. The zero-order valence-corrected chi connectivity index (χ0v) is 31.1. The van der Waals surface area contributed by atoms with E-state index in [2.05, 4.69) is 39.8 Å². The van der Waals surface area contributed by atoms with Crippen LogP contribution in [0, 0.1) is 35.5 Å². The molecule has 2 N–H and O–H groups in total. The van der Waals surface area contributed by atoms with Gasteiger partial charge in [-0.2, -0.15) is 0 Å². The van der Waals surface area contributed by atoms with Crippen molar-refractivity contribution in [1.82, 2.24) is 4.90 Å². The van der Waals surface area contributed by atoms with Crippen molar-refractivity contribution in [3.8, 4) is 0 Å². The van der Waals surface area contributed by atoms with Crippen molar-refractivity contribution in [3.63, 3.8) is 0 Å². The predicted molar refractivity (Wildman–Crippen MR) is 192 cm³/mol. The van der Waals surface area contributed by atoms with E-state index >= 15 is 0 Å². The van der Waals surface area contributed by atoms with Crippen LogP contribution in [-0.2, 0) is 23.9 Å². The maximum absolute atomic E-state index is 14.0. The number of aliphatic hydroxyl groups excluding tert-OH is 1. The Labute approximate surface area is 295 Å². The molecule has 49 heavy (non-hydrogen) atoms. The van der Waals surface area contributed by atoms with Crippen molar-refractivity contribution in [2.75, 3.05) is 6.54 Å². The number of aliphatic hydroxyl groups is 2. The lowest BCUT2D eigenvalue weighted by molar-refractivity contribution is -0.282. The van der Waals surface area contributed by atoms with Crippen molar-refractivity contribution in [1.29, 1.82) is 0 Å². The molecule has 1 amide bonds. The first kappa shape index (κ1) is 39.5. The van der Waals surface area contributed by atoms with Gasteiger partial charge in [0.2, 0.25) is 5.91 Å². The molecule has 3 heterocycles. The van der Waals surface area contributed by atoms with Crippen molar-refractivity contribution >= 4 is 17.7 Å². The minimum atomic E-state index is -1.60. The Bertz CT molecular complexity index is 1200. The highest BCUT2D eigenvalue weighted by atomic mass is 16.6. The average molecular weight is 684 g/mol. The van der Waals surface area contributed by atoms with Crippen molar-refractivity contribution < 1.29 is 34.1 Å². The Morgan fingerprint density at radius 3 is 2.39 bits per heavy atom. The molecule has 4 aliphatic rings. The molecule has 1 saturated carbocycles. The quantitative estimate of drug-likeness (QED) is 0.297. The normalized spacial score (nSPS) is 41.1. The van der Waals surface area contributed by atoms with Gasteiger partial charge in [-0.3, -0.25) is 9.59 Å². The fraction of sp³-hybridized carbons (Fsp3) is 0.780. The molecule has 3 fully saturated rings. The zero-order valence-electron chi connectivity index (χ0n) is 31.1. The Kier molecular flexibility index (Phi) is 14.7. The second-order valence-electron chi connectivity index (χ2n) is 16.3. The molecule has 9 atom stereocenters. The molecule has 8 nitrogen and oxygen atoms in total. The second kappa shape index (κ2) is 18.3. The molecule has 1 unspecified atom stereocenters. The highest BCUT2D eigenvalue weighted by Gasteiger charge is 2.46. The summed E-state index contributed by atoms with van der Waals surface area (Å²) in [4.78, 5) is 43.3. The molecule has 2 bridgehead atoms. The summed E-state index contributed by atoms with van der Waals surface area (Å²) in [6, 6.07) is -0.751. The van der Waals surface area contributed by atoms with E-state index in [-0.39, 0.29) is 66.3 Å². The molecule has 0 spiro atoms. The van der Waals surface area contributed by atoms with Crippen LogP contribution in [0.15, 0.2) is 36.0 Å². The Morgan fingerprint density at radius 2 is 1.65 bits per heavy atom. The number of esters is 1. The summed E-state index contributed by atoms with van der Waals surface area (Å²) in [5.41, 5.74) is 1.22. The van der Waals surface area contributed by atoms with E-state index in [0.29, 0.717) is 25.3 Å². The van der Waals surface area contributed by atoms with Gasteiger partial charge in [0.05, 0.1) is 18.6 Å². The number of rotatable bonds is 3. The summed E-state index contributed by atoms with van der Waals surface area (Å²) < 4.78 is 12.6. The number of ketones is 1. The number of nitrogens with zero attached hydrogens (tertiary/aromatic N) is 1. The Morgan fingerprint density at radius 1 is 0.918 bits per heavy atom. The number of hydrogen-bond acceptors (Lipinski definition) is 7. The van der Waals surface area contributed by atoms with Gasteiger partial charge < -0.3 is 24.6 Å². The van der Waals surface area contributed by atoms with E-state index in [0.717, 1.165) is 64.2 Å². The van der Waals surface area contributed by atoms with Crippen LogP contribution in [0.25, 0.3) is 0 Å². The molecule has 0 aromatic rings. The largest absolute Gasteiger partial charge is 0.460 e. The summed E-state index contributed by atoms with van der Waals surface area (Å²) >= 11 is 0. The van der Waals surface area contributed by atoms with E-state index < -0.39 is 23.9 Å². The highest BCUT2D eigenvalue weighted by Crippen LogP contribution is 2.39. The van der Waals surface area contributed by atoms with Crippen LogP contribution in [0.5, 0.6) is 0 Å². The van der Waals surface area contributed by atoms with Crippen LogP contribution in [0.4, 0.5) is 0 Å². The van der Waals surface area contributed by atoms with Crippen LogP contribution < -0.4 is 0 Å². The summed E-state index contributed by atoms with van der Waals surface area (Å²) in [7, 11) is 0. The minimum Gasteiger partial charge on any atom is -0.460 e. The van der Waals surface area contributed by atoms with Crippen LogP contribution in [0.1, 0.15) is 131 Å². The predicted octanol–water partition coefficient (Wildman–Crippen LogP) is 7.47. The van der Waals surface area contributed by atoms with Gasteiger partial charge in [0.15, 0.2) is 5.79 Å². The van der Waals surface area contributed by atoms with E-state index in [1.165, 1.54) is 5.57 Å². The molecule has 3 aliphatic heterocycles. The smallest absolute Gasteiger partial charge is 0.329 e. The second-order valence-corrected chi connectivity index (χ2v) is 16.3. The molecule has 2 saturated heterocycles. The number of ether oxygens (including phenoxy) is 2. The summed E-state index contributed by atoms with van der Waals surface area (Å²) in [6.45, 7) is 12.8. The number of cyclic esters (lactones) is 1.